The SMILES string of the molecule is COc1ccc(C(=O)COc2ccccc2C(=O)Nc2ccccc2)c(OC)c1. The molecule has 0 heterocycles. The van der Waals surface area contributed by atoms with Crippen LogP contribution in [0.1, 0.15) is 20.7 Å². The minimum Gasteiger partial charge on any atom is -0.497 e. The van der Waals surface area contributed by atoms with Gasteiger partial charge in [0.2, 0.25) is 5.78 Å². The molecule has 6 heteroatoms. The fourth-order valence-corrected chi connectivity index (χ4v) is 2.75. The summed E-state index contributed by atoms with van der Waals surface area (Å²) in [6.07, 6.45) is 0. The van der Waals surface area contributed by atoms with Gasteiger partial charge in [0.15, 0.2) is 6.61 Å². The summed E-state index contributed by atoms with van der Waals surface area (Å²) in [4.78, 5) is 25.2. The van der Waals surface area contributed by atoms with Gasteiger partial charge in [-0.3, -0.25) is 9.59 Å². The number of amides is 1. The molecule has 3 rings (SSSR count). The molecule has 1 amide bonds. The summed E-state index contributed by atoms with van der Waals surface area (Å²) in [5.74, 6) is 0.709. The fraction of sp³-hybridized carbons (Fsp3) is 0.130. The maximum Gasteiger partial charge on any atom is 0.259 e. The lowest BCUT2D eigenvalue weighted by Crippen LogP contribution is -2.17. The molecule has 148 valence electrons. The molecule has 0 spiro atoms. The first-order valence-electron chi connectivity index (χ1n) is 8.96. The predicted octanol–water partition coefficient (Wildman–Crippen LogP) is 4.22. The Bertz CT molecular complexity index is 1000. The van der Waals surface area contributed by atoms with E-state index in [1.54, 1.807) is 54.6 Å². The van der Waals surface area contributed by atoms with Crippen molar-refractivity contribution in [2.75, 3.05) is 26.1 Å². The van der Waals surface area contributed by atoms with E-state index in [1.807, 2.05) is 18.2 Å². The van der Waals surface area contributed by atoms with Gasteiger partial charge in [-0.25, -0.2) is 0 Å². The highest BCUT2D eigenvalue weighted by Gasteiger charge is 2.17. The van der Waals surface area contributed by atoms with E-state index in [9.17, 15) is 9.59 Å². The van der Waals surface area contributed by atoms with Crippen LogP contribution < -0.4 is 19.5 Å². The van der Waals surface area contributed by atoms with Crippen LogP contribution in [0.3, 0.4) is 0 Å². The van der Waals surface area contributed by atoms with Crippen LogP contribution in [0.5, 0.6) is 17.2 Å². The van der Waals surface area contributed by atoms with Gasteiger partial charge in [-0.1, -0.05) is 30.3 Å². The topological polar surface area (TPSA) is 73.9 Å². The van der Waals surface area contributed by atoms with Crippen LogP contribution in [0.25, 0.3) is 0 Å². The van der Waals surface area contributed by atoms with Crippen LogP contribution >= 0.6 is 0 Å². The van der Waals surface area contributed by atoms with Crippen LogP contribution in [0, 0.1) is 0 Å². The van der Waals surface area contributed by atoms with Crippen LogP contribution in [0.15, 0.2) is 72.8 Å². The molecule has 6 nitrogen and oxygen atoms in total. The van der Waals surface area contributed by atoms with Crippen LogP contribution in [0.2, 0.25) is 0 Å². The Labute approximate surface area is 169 Å². The zero-order valence-corrected chi connectivity index (χ0v) is 16.2. The van der Waals surface area contributed by atoms with E-state index in [1.165, 1.54) is 14.2 Å². The quantitative estimate of drug-likeness (QED) is 0.582. The average molecular weight is 391 g/mol. The zero-order chi connectivity index (χ0) is 20.6. The van der Waals surface area contributed by atoms with Crippen molar-refractivity contribution >= 4 is 17.4 Å². The number of rotatable bonds is 8. The third-order valence-electron chi connectivity index (χ3n) is 4.23. The molecule has 0 bridgehead atoms. The number of benzene rings is 3. The molecule has 29 heavy (non-hydrogen) atoms. The van der Waals surface area contributed by atoms with Gasteiger partial charge in [-0.15, -0.1) is 0 Å². The Morgan fingerprint density at radius 3 is 2.24 bits per heavy atom. The number of nitrogens with one attached hydrogen (secondary N) is 1. The average Bonchev–Trinajstić information content (AvgIpc) is 2.77. The summed E-state index contributed by atoms with van der Waals surface area (Å²) >= 11 is 0. The summed E-state index contributed by atoms with van der Waals surface area (Å²) in [5, 5.41) is 2.81. The lowest BCUT2D eigenvalue weighted by atomic mass is 10.1. The van der Waals surface area contributed by atoms with Gasteiger partial charge >= 0.3 is 0 Å². The van der Waals surface area contributed by atoms with E-state index < -0.39 is 0 Å². The van der Waals surface area contributed by atoms with E-state index >= 15 is 0 Å². The van der Waals surface area contributed by atoms with Gasteiger partial charge < -0.3 is 19.5 Å². The first-order chi connectivity index (χ1) is 14.1. The molecule has 0 fully saturated rings. The molecule has 0 aliphatic heterocycles. The van der Waals surface area contributed by atoms with Gasteiger partial charge in [-0.2, -0.15) is 0 Å². The number of para-hydroxylation sites is 2. The number of hydrogen-bond donors (Lipinski definition) is 1. The van der Waals surface area contributed by atoms with Crippen molar-refractivity contribution < 1.29 is 23.8 Å². The minimum atomic E-state index is -0.318. The van der Waals surface area contributed by atoms with E-state index in [2.05, 4.69) is 5.32 Å². The third-order valence-corrected chi connectivity index (χ3v) is 4.23. The Hall–Kier alpha value is -3.80. The molecule has 0 atom stereocenters. The molecule has 3 aromatic carbocycles. The monoisotopic (exact) mass is 391 g/mol. The molecule has 0 saturated carbocycles. The summed E-state index contributed by atoms with van der Waals surface area (Å²) in [5.41, 5.74) is 1.39. The molecule has 0 aromatic heterocycles. The maximum absolute atomic E-state index is 12.6. The highest BCUT2D eigenvalue weighted by atomic mass is 16.5. The van der Waals surface area contributed by atoms with Gasteiger partial charge in [0.25, 0.3) is 5.91 Å². The van der Waals surface area contributed by atoms with E-state index in [4.69, 9.17) is 14.2 Å². The number of hydrogen-bond acceptors (Lipinski definition) is 5. The summed E-state index contributed by atoms with van der Waals surface area (Å²) in [7, 11) is 3.02. The van der Waals surface area contributed by atoms with Crippen LogP contribution in [0.4, 0.5) is 5.69 Å². The molecular weight excluding hydrogens is 370 g/mol. The summed E-state index contributed by atoms with van der Waals surface area (Å²) in [6, 6.07) is 20.8. The van der Waals surface area contributed by atoms with E-state index in [0.717, 1.165) is 0 Å². The molecule has 0 radical (unpaired) electrons. The Balaban J connectivity index is 1.73. The van der Waals surface area contributed by atoms with Crippen LogP contribution in [-0.2, 0) is 0 Å². The number of carbonyl (C=O) groups excluding carboxylic acids is 2. The van der Waals surface area contributed by atoms with Crippen molar-refractivity contribution in [2.45, 2.75) is 0 Å². The third kappa shape index (κ3) is 4.93. The standard InChI is InChI=1S/C23H21NO5/c1-27-17-12-13-18(22(14-17)28-2)20(25)15-29-21-11-7-6-10-19(21)23(26)24-16-8-4-3-5-9-16/h3-14H,15H2,1-2H3,(H,24,26). The zero-order valence-electron chi connectivity index (χ0n) is 16.2. The molecule has 3 aromatic rings. The minimum absolute atomic E-state index is 0.238. The van der Waals surface area contributed by atoms with Crippen molar-refractivity contribution in [3.8, 4) is 17.2 Å². The lowest BCUT2D eigenvalue weighted by molar-refractivity contribution is 0.0911. The Morgan fingerprint density at radius 2 is 1.52 bits per heavy atom. The molecule has 0 aliphatic carbocycles. The first kappa shape index (κ1) is 19.9. The highest BCUT2D eigenvalue weighted by Crippen LogP contribution is 2.26. The number of ether oxygens (including phenoxy) is 3. The molecule has 1 N–H and O–H groups in total. The largest absolute Gasteiger partial charge is 0.497 e. The molecule has 0 saturated heterocycles. The lowest BCUT2D eigenvalue weighted by Gasteiger charge is -2.13. The summed E-state index contributed by atoms with van der Waals surface area (Å²) in [6.45, 7) is -0.238. The van der Waals surface area contributed by atoms with Gasteiger partial charge in [0.05, 0.1) is 25.3 Å². The second-order valence-corrected chi connectivity index (χ2v) is 6.09. The first-order valence-corrected chi connectivity index (χ1v) is 8.96. The molecule has 0 aliphatic rings. The predicted molar refractivity (Wildman–Crippen MR) is 110 cm³/mol. The molecular formula is C23H21NO5. The normalized spacial score (nSPS) is 10.1. The van der Waals surface area contributed by atoms with Crippen molar-refractivity contribution in [1.82, 2.24) is 0 Å². The number of anilines is 1. The van der Waals surface area contributed by atoms with E-state index in [-0.39, 0.29) is 18.3 Å². The number of Topliss-reactive ketones (excluding diaryl/α,β-unsaturated/α-hetero) is 1. The van der Waals surface area contributed by atoms with Crippen molar-refractivity contribution in [3.63, 3.8) is 0 Å². The second kappa shape index (κ2) is 9.41. The van der Waals surface area contributed by atoms with Crippen molar-refractivity contribution in [1.29, 1.82) is 0 Å². The van der Waals surface area contributed by atoms with Gasteiger partial charge in [-0.05, 0) is 36.4 Å². The number of carbonyl (C=O) groups is 2. The van der Waals surface area contributed by atoms with Crippen molar-refractivity contribution in [2.24, 2.45) is 0 Å². The number of methoxy groups -OCH3 is 2. The highest BCUT2D eigenvalue weighted by molar-refractivity contribution is 6.06. The Kier molecular flexibility index (Phi) is 6.47. The fourth-order valence-electron chi connectivity index (χ4n) is 2.75. The van der Waals surface area contributed by atoms with Gasteiger partial charge in [0, 0.05) is 11.8 Å². The smallest absolute Gasteiger partial charge is 0.259 e. The molecule has 0 unspecified atom stereocenters. The van der Waals surface area contributed by atoms with E-state index in [0.29, 0.717) is 34.1 Å². The van der Waals surface area contributed by atoms with Gasteiger partial charge in [0.1, 0.15) is 17.2 Å². The second-order valence-electron chi connectivity index (χ2n) is 6.09. The van der Waals surface area contributed by atoms with Crippen LogP contribution in [-0.4, -0.2) is 32.5 Å². The van der Waals surface area contributed by atoms with Crippen molar-refractivity contribution in [3.05, 3.63) is 83.9 Å². The Morgan fingerprint density at radius 1 is 0.793 bits per heavy atom. The number of ketones is 1. The maximum atomic E-state index is 12.6. The summed E-state index contributed by atoms with van der Waals surface area (Å²) < 4.78 is 16.1.